The number of aromatic hydroxyl groups is 1. The number of hydrogen-bond donors (Lipinski definition) is 3. The van der Waals surface area contributed by atoms with Gasteiger partial charge in [-0.05, 0) is 80.8 Å². The van der Waals surface area contributed by atoms with E-state index in [2.05, 4.69) is 10.0 Å². The van der Waals surface area contributed by atoms with Gasteiger partial charge in [0.25, 0.3) is 15.9 Å². The van der Waals surface area contributed by atoms with E-state index in [1.807, 2.05) is 0 Å². The predicted octanol–water partition coefficient (Wildman–Crippen LogP) is 4.29. The van der Waals surface area contributed by atoms with Crippen molar-refractivity contribution in [2.24, 2.45) is 5.92 Å². The minimum atomic E-state index is -3.88. The number of ketones is 3. The quantitative estimate of drug-likeness (QED) is 0.301. The third-order valence-corrected chi connectivity index (χ3v) is 9.74. The first kappa shape index (κ1) is 31.7. The normalized spacial score (nSPS) is 18.8. The number of rotatable bonds is 8. The lowest BCUT2D eigenvalue weighted by atomic mass is 9.67. The van der Waals surface area contributed by atoms with Crippen molar-refractivity contribution < 1.29 is 42.2 Å². The van der Waals surface area contributed by atoms with Gasteiger partial charge in [-0.3, -0.25) is 23.9 Å². The molecule has 0 radical (unpaired) electrons. The monoisotopic (exact) mass is 652 g/mol. The highest BCUT2D eigenvalue weighted by Gasteiger charge is 2.58. The molecule has 0 fully saturated rings. The first-order valence-electron chi connectivity index (χ1n) is 13.7. The lowest BCUT2D eigenvalue weighted by Crippen LogP contribution is -2.47. The molecule has 3 aromatic carbocycles. The van der Waals surface area contributed by atoms with Gasteiger partial charge in [-0.1, -0.05) is 11.6 Å². The predicted molar refractivity (Wildman–Crippen MR) is 164 cm³/mol. The van der Waals surface area contributed by atoms with Crippen LogP contribution in [0.3, 0.4) is 0 Å². The molecule has 1 aliphatic carbocycles. The second-order valence-corrected chi connectivity index (χ2v) is 13.2. The van der Waals surface area contributed by atoms with Gasteiger partial charge in [-0.2, -0.15) is 0 Å². The van der Waals surface area contributed by atoms with Crippen LogP contribution in [-0.4, -0.2) is 43.9 Å². The van der Waals surface area contributed by atoms with E-state index in [1.54, 1.807) is 26.0 Å². The number of aryl methyl sites for hydroxylation is 2. The zero-order valence-corrected chi connectivity index (χ0v) is 26.5. The second kappa shape index (κ2) is 11.4. The van der Waals surface area contributed by atoms with Crippen molar-refractivity contribution in [3.63, 3.8) is 0 Å². The van der Waals surface area contributed by atoms with Crippen molar-refractivity contribution in [1.29, 1.82) is 0 Å². The summed E-state index contributed by atoms with van der Waals surface area (Å²) >= 11 is 5.88. The lowest BCUT2D eigenvalue weighted by molar-refractivity contribution is -0.140. The van der Waals surface area contributed by atoms with Crippen molar-refractivity contribution in [3.8, 4) is 17.2 Å². The zero-order chi connectivity index (χ0) is 33.0. The molecule has 11 nitrogen and oxygen atoms in total. The molecule has 0 bridgehead atoms. The molecule has 45 heavy (non-hydrogen) atoms. The summed E-state index contributed by atoms with van der Waals surface area (Å²) in [6.45, 7) is 6.12. The van der Waals surface area contributed by atoms with Crippen LogP contribution in [0.25, 0.3) is 0 Å². The fourth-order valence-electron chi connectivity index (χ4n) is 5.77. The molecule has 0 spiro atoms. The maximum atomic E-state index is 13.7. The molecule has 1 amide bonds. The number of hydrogen-bond acceptors (Lipinski definition) is 9. The van der Waals surface area contributed by atoms with Gasteiger partial charge in [0.15, 0.2) is 17.3 Å². The number of methoxy groups -OCH3 is 1. The van der Waals surface area contributed by atoms with Crippen LogP contribution < -0.4 is 19.5 Å². The van der Waals surface area contributed by atoms with E-state index in [0.717, 1.165) is 13.0 Å². The molecule has 5 rings (SSSR count). The number of Topliss-reactive ketones (excluding diaryl/α,β-unsaturated/α-hetero) is 2. The second-order valence-electron chi connectivity index (χ2n) is 11.1. The maximum Gasteiger partial charge on any atom is 0.261 e. The largest absolute Gasteiger partial charge is 0.507 e. The Morgan fingerprint density at radius 2 is 1.71 bits per heavy atom. The van der Waals surface area contributed by atoms with Crippen molar-refractivity contribution in [3.05, 3.63) is 87.1 Å². The fourth-order valence-corrected chi connectivity index (χ4v) is 6.93. The molecule has 0 saturated heterocycles. The molecule has 0 aromatic heterocycles. The molecule has 3 aromatic rings. The topological polar surface area (TPSA) is 165 Å². The third-order valence-electron chi connectivity index (χ3n) is 8.09. The van der Waals surface area contributed by atoms with Crippen LogP contribution in [0.15, 0.2) is 59.2 Å². The minimum Gasteiger partial charge on any atom is -0.507 e. The number of phenols is 1. The summed E-state index contributed by atoms with van der Waals surface area (Å²) in [4.78, 5) is 52.0. The number of nitrogens with one attached hydrogen (secondary N) is 2. The van der Waals surface area contributed by atoms with E-state index in [1.165, 1.54) is 44.4 Å². The number of ether oxygens (including phenoxy) is 2. The summed E-state index contributed by atoms with van der Waals surface area (Å²) in [6, 6.07) is 10.2. The van der Waals surface area contributed by atoms with Crippen molar-refractivity contribution in [2.45, 2.75) is 44.6 Å². The van der Waals surface area contributed by atoms with Crippen molar-refractivity contribution in [2.75, 3.05) is 11.8 Å². The van der Waals surface area contributed by atoms with Crippen LogP contribution in [-0.2, 0) is 36.4 Å². The first-order valence-corrected chi connectivity index (χ1v) is 15.6. The smallest absolute Gasteiger partial charge is 0.261 e. The molecule has 234 valence electrons. The average molecular weight is 653 g/mol. The van der Waals surface area contributed by atoms with Crippen LogP contribution in [0.2, 0.25) is 5.02 Å². The average Bonchev–Trinajstić information content (AvgIpc) is 3.25. The van der Waals surface area contributed by atoms with E-state index in [-0.39, 0.29) is 39.8 Å². The summed E-state index contributed by atoms with van der Waals surface area (Å²) in [5, 5.41) is 14.1. The third kappa shape index (κ3) is 5.33. The number of phenolic OH excluding ortho intramolecular Hbond substituents is 1. The fraction of sp³-hybridized carbons (Fsp3) is 0.250. The molecule has 3 N–H and O–H groups in total. The Labute approximate surface area is 264 Å². The van der Waals surface area contributed by atoms with Gasteiger partial charge in [0.2, 0.25) is 0 Å². The molecule has 1 aliphatic heterocycles. The van der Waals surface area contributed by atoms with E-state index in [4.69, 9.17) is 21.1 Å². The maximum absolute atomic E-state index is 13.7. The number of amides is 1. The number of sulfonamides is 1. The molecular weight excluding hydrogens is 624 g/mol. The summed E-state index contributed by atoms with van der Waals surface area (Å²) in [5.74, 6) is -5.09. The van der Waals surface area contributed by atoms with Crippen LogP contribution in [0, 0.1) is 19.8 Å². The highest BCUT2D eigenvalue weighted by Crippen LogP contribution is 2.56. The Bertz CT molecular complexity index is 1930. The van der Waals surface area contributed by atoms with Crippen LogP contribution in [0.5, 0.6) is 17.2 Å². The van der Waals surface area contributed by atoms with Gasteiger partial charge < -0.3 is 19.9 Å². The van der Waals surface area contributed by atoms with E-state index >= 15 is 0 Å². The number of fused-ring (bicyclic) bond motifs is 3. The first-order chi connectivity index (χ1) is 21.1. The van der Waals surface area contributed by atoms with Gasteiger partial charge in [-0.15, -0.1) is 0 Å². The Hall–Kier alpha value is -4.68. The van der Waals surface area contributed by atoms with E-state index in [0.29, 0.717) is 27.4 Å². The number of halogens is 1. The van der Waals surface area contributed by atoms with Crippen molar-refractivity contribution in [1.82, 2.24) is 5.32 Å². The SMILES string of the molecule is COc1cc(O)c2c(c1C(=O)NCc1c(C)cc(NS(=O)(=O)c3ccc(Cl)cc3)cc1C)OC1=CC(=O)C(C(C)=O)C(=O)[C@]12C. The Kier molecular flexibility index (Phi) is 8.01. The highest BCUT2D eigenvalue weighted by molar-refractivity contribution is 7.92. The molecule has 2 aliphatic rings. The van der Waals surface area contributed by atoms with Crippen LogP contribution in [0.1, 0.15) is 46.5 Å². The summed E-state index contributed by atoms with van der Waals surface area (Å²) < 4.78 is 39.5. The summed E-state index contributed by atoms with van der Waals surface area (Å²) in [6.07, 6.45) is 1.05. The van der Waals surface area contributed by atoms with Gasteiger partial charge in [-0.25, -0.2) is 8.42 Å². The van der Waals surface area contributed by atoms with Crippen molar-refractivity contribution >= 4 is 50.6 Å². The Balaban J connectivity index is 1.44. The minimum absolute atomic E-state index is 0.0172. The number of carbonyl (C=O) groups excluding carboxylic acids is 4. The molecular formula is C32H29ClN2O9S. The molecule has 1 unspecified atom stereocenters. The molecule has 0 saturated carbocycles. The molecule has 1 heterocycles. The van der Waals surface area contributed by atoms with E-state index in [9.17, 15) is 32.7 Å². The standard InChI is InChI=1S/C32H29ClN2O9S/c1-15-10-19(35-45(41,42)20-8-6-18(33)7-9-20)11-16(2)21(15)14-34-31(40)27-24(43-5)12-23(38)28-29(27)44-25-13-22(37)26(17(3)36)30(39)32(25,28)4/h6-13,26,35,38H,14H2,1-5H3,(H,34,40)/t26?,32-/m1/s1. The highest BCUT2D eigenvalue weighted by atomic mass is 35.5. The number of carbonyl (C=O) groups is 4. The van der Waals surface area contributed by atoms with Crippen LogP contribution >= 0.6 is 11.6 Å². The number of benzene rings is 3. The van der Waals surface area contributed by atoms with Gasteiger partial charge in [0.05, 0.1) is 17.6 Å². The van der Waals surface area contributed by atoms with E-state index < -0.39 is 50.4 Å². The Morgan fingerprint density at radius 3 is 2.29 bits per heavy atom. The molecule has 13 heteroatoms. The summed E-state index contributed by atoms with van der Waals surface area (Å²) in [7, 11) is -2.59. The summed E-state index contributed by atoms with van der Waals surface area (Å²) in [5.41, 5.74) is 0.554. The van der Waals surface area contributed by atoms with Gasteiger partial charge in [0, 0.05) is 29.4 Å². The zero-order valence-electron chi connectivity index (χ0n) is 24.9. The number of anilines is 1. The van der Waals surface area contributed by atoms with Gasteiger partial charge >= 0.3 is 0 Å². The Morgan fingerprint density at radius 1 is 1.09 bits per heavy atom. The van der Waals surface area contributed by atoms with Gasteiger partial charge in [0.1, 0.15) is 39.9 Å². The molecule has 2 atom stereocenters. The van der Waals surface area contributed by atoms with Crippen LogP contribution in [0.4, 0.5) is 5.69 Å². The number of allylic oxidation sites excluding steroid dienone is 2. The lowest BCUT2D eigenvalue weighted by Gasteiger charge is -2.30.